The molecule has 1 aromatic carbocycles. The number of ether oxygens (including phenoxy) is 1. The fourth-order valence-corrected chi connectivity index (χ4v) is 3.67. The van der Waals surface area contributed by atoms with E-state index >= 15 is 0 Å². The summed E-state index contributed by atoms with van der Waals surface area (Å²) in [6.45, 7) is 10.2. The summed E-state index contributed by atoms with van der Waals surface area (Å²) in [5.74, 6) is -0.212. The van der Waals surface area contributed by atoms with E-state index in [1.165, 1.54) is 0 Å². The second-order valence-corrected chi connectivity index (χ2v) is 7.65. The van der Waals surface area contributed by atoms with Gasteiger partial charge in [-0.3, -0.25) is 5.43 Å². The van der Waals surface area contributed by atoms with Crippen LogP contribution >= 0.6 is 12.2 Å². The first-order valence-corrected chi connectivity index (χ1v) is 10.4. The quantitative estimate of drug-likeness (QED) is 0.429. The zero-order valence-corrected chi connectivity index (χ0v) is 17.5. The number of likely N-dealkylation sites (N-methyl/N-ethyl adjacent to an activating group) is 1. The van der Waals surface area contributed by atoms with Gasteiger partial charge >= 0.3 is 0 Å². The lowest BCUT2D eigenvalue weighted by molar-refractivity contribution is 0.114. The normalized spacial score (nSPS) is 21.0. The maximum absolute atomic E-state index is 14.7. The van der Waals surface area contributed by atoms with Gasteiger partial charge in [-0.2, -0.15) is 5.10 Å². The molecule has 154 valence electrons. The number of hydrogen-bond acceptors (Lipinski definition) is 5. The summed E-state index contributed by atoms with van der Waals surface area (Å²) in [7, 11) is 0. The monoisotopic (exact) mass is 407 g/mol. The summed E-state index contributed by atoms with van der Waals surface area (Å²) in [5.41, 5.74) is 4.91. The molecule has 2 heterocycles. The van der Waals surface area contributed by atoms with Crippen LogP contribution in [0.3, 0.4) is 0 Å². The van der Waals surface area contributed by atoms with Gasteiger partial charge in [0.05, 0.1) is 17.5 Å². The van der Waals surface area contributed by atoms with Gasteiger partial charge in [0, 0.05) is 44.9 Å². The second-order valence-electron chi connectivity index (χ2n) is 7.24. The van der Waals surface area contributed by atoms with E-state index in [0.717, 1.165) is 57.7 Å². The van der Waals surface area contributed by atoms with Crippen molar-refractivity contribution in [2.24, 2.45) is 5.10 Å². The van der Waals surface area contributed by atoms with Crippen LogP contribution in [-0.4, -0.2) is 67.7 Å². The highest BCUT2D eigenvalue weighted by Crippen LogP contribution is 2.22. The number of nitrogens with one attached hydrogen (secondary N) is 2. The molecule has 2 aliphatic rings. The van der Waals surface area contributed by atoms with Crippen molar-refractivity contribution >= 4 is 28.7 Å². The van der Waals surface area contributed by atoms with E-state index in [1.54, 1.807) is 6.07 Å². The highest BCUT2D eigenvalue weighted by molar-refractivity contribution is 7.80. The average Bonchev–Trinajstić information content (AvgIpc) is 3.24. The molecule has 2 saturated heterocycles. The van der Waals surface area contributed by atoms with Crippen molar-refractivity contribution in [2.75, 3.05) is 50.8 Å². The predicted molar refractivity (Wildman–Crippen MR) is 116 cm³/mol. The number of nitrogens with zero attached hydrogens (tertiary/aromatic N) is 3. The van der Waals surface area contributed by atoms with Crippen LogP contribution < -0.4 is 15.6 Å². The standard InChI is InChI=1S/C20H30FN5OS/c1-3-25-8-10-26(11-9-25)19-7-6-16(13-18(19)21)15(2)23-24-20(28)22-14-17-5-4-12-27-17/h6-7,13,17H,3-5,8-12,14H2,1-2H3,(H2,22,24,28)/b23-15-/t17-/m0/s1. The zero-order chi connectivity index (χ0) is 19.9. The fraction of sp³-hybridized carbons (Fsp3) is 0.600. The molecule has 8 heteroatoms. The molecular formula is C20H30FN5OS. The first-order valence-electron chi connectivity index (χ1n) is 10.0. The van der Waals surface area contributed by atoms with Gasteiger partial charge in [0.25, 0.3) is 0 Å². The van der Waals surface area contributed by atoms with Gasteiger partial charge in [-0.1, -0.05) is 13.0 Å². The van der Waals surface area contributed by atoms with E-state index in [2.05, 4.69) is 32.6 Å². The summed E-state index contributed by atoms with van der Waals surface area (Å²) in [6.07, 6.45) is 2.36. The van der Waals surface area contributed by atoms with Crippen molar-refractivity contribution < 1.29 is 9.13 Å². The van der Waals surface area contributed by atoms with Gasteiger partial charge in [-0.05, 0) is 50.7 Å². The van der Waals surface area contributed by atoms with Crippen LogP contribution in [0.25, 0.3) is 0 Å². The van der Waals surface area contributed by atoms with E-state index in [1.807, 2.05) is 19.1 Å². The van der Waals surface area contributed by atoms with Crippen molar-refractivity contribution in [2.45, 2.75) is 32.8 Å². The van der Waals surface area contributed by atoms with Gasteiger partial charge in [0.1, 0.15) is 5.82 Å². The van der Waals surface area contributed by atoms with Gasteiger partial charge in [0.2, 0.25) is 0 Å². The second kappa shape index (κ2) is 10.1. The molecule has 2 fully saturated rings. The number of hydrazone groups is 1. The van der Waals surface area contributed by atoms with Crippen LogP contribution in [0, 0.1) is 5.82 Å². The molecule has 0 aliphatic carbocycles. The third-order valence-corrected chi connectivity index (χ3v) is 5.60. The smallest absolute Gasteiger partial charge is 0.187 e. The molecule has 1 aromatic rings. The van der Waals surface area contributed by atoms with E-state index in [9.17, 15) is 4.39 Å². The molecular weight excluding hydrogens is 377 g/mol. The molecule has 1 atom stereocenters. The largest absolute Gasteiger partial charge is 0.376 e. The Morgan fingerprint density at radius 1 is 1.32 bits per heavy atom. The Balaban J connectivity index is 1.53. The van der Waals surface area contributed by atoms with E-state index in [4.69, 9.17) is 17.0 Å². The molecule has 2 N–H and O–H groups in total. The molecule has 0 bridgehead atoms. The van der Waals surface area contributed by atoms with Gasteiger partial charge < -0.3 is 19.9 Å². The third kappa shape index (κ3) is 5.62. The Morgan fingerprint density at radius 2 is 2.11 bits per heavy atom. The summed E-state index contributed by atoms with van der Waals surface area (Å²) in [6, 6.07) is 5.30. The number of hydrogen-bond donors (Lipinski definition) is 2. The van der Waals surface area contributed by atoms with E-state index in [0.29, 0.717) is 23.1 Å². The molecule has 0 amide bonds. The van der Waals surface area contributed by atoms with Crippen LogP contribution in [0.1, 0.15) is 32.3 Å². The average molecular weight is 408 g/mol. The Hall–Kier alpha value is -1.77. The van der Waals surface area contributed by atoms with Crippen molar-refractivity contribution in [3.05, 3.63) is 29.6 Å². The number of halogens is 1. The van der Waals surface area contributed by atoms with Crippen LogP contribution in [0.5, 0.6) is 0 Å². The van der Waals surface area contributed by atoms with Crippen molar-refractivity contribution in [3.63, 3.8) is 0 Å². The molecule has 3 rings (SSSR count). The molecule has 0 spiro atoms. The SMILES string of the molecule is CCN1CCN(c2ccc(/C(C)=N\NC(=S)NC[C@@H]3CCCO3)cc2F)CC1. The van der Waals surface area contributed by atoms with Crippen LogP contribution in [-0.2, 0) is 4.74 Å². The number of piperazine rings is 1. The molecule has 0 radical (unpaired) electrons. The maximum Gasteiger partial charge on any atom is 0.187 e. The summed E-state index contributed by atoms with van der Waals surface area (Å²) in [5, 5.41) is 7.83. The molecule has 2 aliphatic heterocycles. The summed E-state index contributed by atoms with van der Waals surface area (Å²) in [4.78, 5) is 4.49. The van der Waals surface area contributed by atoms with Crippen LogP contribution in [0.2, 0.25) is 0 Å². The Kier molecular flexibility index (Phi) is 7.58. The zero-order valence-electron chi connectivity index (χ0n) is 16.7. The van der Waals surface area contributed by atoms with E-state index in [-0.39, 0.29) is 11.9 Å². The third-order valence-electron chi connectivity index (χ3n) is 5.37. The molecule has 0 unspecified atom stereocenters. The van der Waals surface area contributed by atoms with Gasteiger partial charge in [-0.25, -0.2) is 4.39 Å². The topological polar surface area (TPSA) is 52.1 Å². The minimum absolute atomic E-state index is 0.212. The Morgan fingerprint density at radius 3 is 2.75 bits per heavy atom. The van der Waals surface area contributed by atoms with E-state index < -0.39 is 0 Å². The lowest BCUT2D eigenvalue weighted by Gasteiger charge is -2.35. The highest BCUT2D eigenvalue weighted by atomic mass is 32.1. The van der Waals surface area contributed by atoms with Crippen LogP contribution in [0.4, 0.5) is 10.1 Å². The molecule has 0 aromatic heterocycles. The van der Waals surface area contributed by atoms with Gasteiger partial charge in [-0.15, -0.1) is 0 Å². The number of anilines is 1. The number of thiocarbonyl (C=S) groups is 1. The first-order chi connectivity index (χ1) is 13.6. The lowest BCUT2D eigenvalue weighted by atomic mass is 10.1. The summed E-state index contributed by atoms with van der Waals surface area (Å²) < 4.78 is 20.2. The summed E-state index contributed by atoms with van der Waals surface area (Å²) >= 11 is 5.24. The molecule has 0 saturated carbocycles. The maximum atomic E-state index is 14.7. The Bertz CT molecular complexity index is 700. The molecule has 6 nitrogen and oxygen atoms in total. The number of rotatable bonds is 6. The highest BCUT2D eigenvalue weighted by Gasteiger charge is 2.19. The van der Waals surface area contributed by atoms with Crippen molar-refractivity contribution in [1.29, 1.82) is 0 Å². The Labute approximate surface area is 172 Å². The fourth-order valence-electron chi connectivity index (χ4n) is 3.54. The van der Waals surface area contributed by atoms with Crippen LogP contribution in [0.15, 0.2) is 23.3 Å². The number of benzene rings is 1. The minimum atomic E-state index is -0.212. The van der Waals surface area contributed by atoms with Crippen molar-refractivity contribution in [1.82, 2.24) is 15.6 Å². The predicted octanol–water partition coefficient (Wildman–Crippen LogP) is 2.33. The lowest BCUT2D eigenvalue weighted by Crippen LogP contribution is -2.46. The van der Waals surface area contributed by atoms with Crippen molar-refractivity contribution in [3.8, 4) is 0 Å². The molecule has 28 heavy (non-hydrogen) atoms. The van der Waals surface area contributed by atoms with Gasteiger partial charge in [0.15, 0.2) is 5.11 Å². The first kappa shape index (κ1) is 21.0. The minimum Gasteiger partial charge on any atom is -0.376 e.